The lowest BCUT2D eigenvalue weighted by molar-refractivity contribution is -0.134. The van der Waals surface area contributed by atoms with Gasteiger partial charge in [0.25, 0.3) is 0 Å². The molecule has 7 nitrogen and oxygen atoms in total. The fourth-order valence-electron chi connectivity index (χ4n) is 3.51. The molecule has 134 valence electrons. The van der Waals surface area contributed by atoms with E-state index < -0.39 is 0 Å². The first kappa shape index (κ1) is 17.4. The minimum atomic E-state index is -0.260. The number of carbonyl (C=O) groups excluding carboxylic acids is 1. The van der Waals surface area contributed by atoms with E-state index >= 15 is 0 Å². The first-order valence-corrected chi connectivity index (χ1v) is 8.71. The molecule has 1 aromatic heterocycles. The molecule has 0 N–H and O–H groups in total. The quantitative estimate of drug-likeness (QED) is 0.794. The molecule has 1 amide bonds. The Morgan fingerprint density at radius 1 is 1.33 bits per heavy atom. The first-order chi connectivity index (χ1) is 11.6. The number of amides is 1. The Hall–Kier alpha value is -1.44. The van der Waals surface area contributed by atoms with Crippen LogP contribution < -0.4 is 0 Å². The molecule has 0 atom stereocenters. The highest BCUT2D eigenvalue weighted by Gasteiger charge is 2.40. The molecule has 0 aromatic carbocycles. The van der Waals surface area contributed by atoms with Crippen molar-refractivity contribution in [1.29, 1.82) is 0 Å². The zero-order valence-electron chi connectivity index (χ0n) is 14.7. The van der Waals surface area contributed by atoms with Crippen molar-refractivity contribution in [3.63, 3.8) is 0 Å². The molecule has 0 unspecified atom stereocenters. The third kappa shape index (κ3) is 3.96. The maximum absolute atomic E-state index is 12.2. The van der Waals surface area contributed by atoms with E-state index in [2.05, 4.69) is 14.5 Å². The van der Waals surface area contributed by atoms with Gasteiger partial charge in [0.1, 0.15) is 5.82 Å². The topological polar surface area (TPSA) is 59.8 Å². The van der Waals surface area contributed by atoms with Gasteiger partial charge in [-0.25, -0.2) is 4.98 Å². The van der Waals surface area contributed by atoms with E-state index in [9.17, 15) is 4.79 Å². The van der Waals surface area contributed by atoms with Crippen LogP contribution in [0.2, 0.25) is 0 Å². The summed E-state index contributed by atoms with van der Waals surface area (Å²) in [6, 6.07) is 0. The van der Waals surface area contributed by atoms with Crippen LogP contribution in [0, 0.1) is 0 Å². The van der Waals surface area contributed by atoms with Gasteiger partial charge < -0.3 is 18.9 Å². The standard InChI is InChI=1S/C17H28N4O3/c1-19-9-12-24-17(13-16(19)22)3-6-20(7-4-17)14-15-18-5-8-21(15)10-11-23-2/h5,8H,3-4,6-7,9-14H2,1-2H3. The van der Waals surface area contributed by atoms with E-state index in [1.807, 2.05) is 19.4 Å². The van der Waals surface area contributed by atoms with Crippen LogP contribution in [0.4, 0.5) is 0 Å². The highest BCUT2D eigenvalue weighted by atomic mass is 16.5. The van der Waals surface area contributed by atoms with Crippen molar-refractivity contribution >= 4 is 5.91 Å². The average molecular weight is 336 g/mol. The molecule has 2 saturated heterocycles. The molecular weight excluding hydrogens is 308 g/mol. The van der Waals surface area contributed by atoms with Gasteiger partial charge in [-0.1, -0.05) is 0 Å². The second-order valence-electron chi connectivity index (χ2n) is 6.83. The van der Waals surface area contributed by atoms with Crippen molar-refractivity contribution < 1.29 is 14.3 Å². The van der Waals surface area contributed by atoms with E-state index in [4.69, 9.17) is 9.47 Å². The molecular formula is C17H28N4O3. The maximum atomic E-state index is 12.2. The summed E-state index contributed by atoms with van der Waals surface area (Å²) in [4.78, 5) is 20.8. The van der Waals surface area contributed by atoms with Crippen molar-refractivity contribution in [3.05, 3.63) is 18.2 Å². The molecule has 3 heterocycles. The van der Waals surface area contributed by atoms with E-state index in [1.165, 1.54) is 0 Å². The van der Waals surface area contributed by atoms with Crippen LogP contribution in [-0.2, 0) is 27.4 Å². The van der Waals surface area contributed by atoms with E-state index in [-0.39, 0.29) is 11.5 Å². The molecule has 2 aliphatic rings. The van der Waals surface area contributed by atoms with Crippen LogP contribution in [0.1, 0.15) is 25.1 Å². The van der Waals surface area contributed by atoms with Crippen LogP contribution in [0.15, 0.2) is 12.4 Å². The Bertz CT molecular complexity index is 552. The van der Waals surface area contributed by atoms with Gasteiger partial charge in [-0.05, 0) is 12.8 Å². The van der Waals surface area contributed by atoms with Crippen LogP contribution >= 0.6 is 0 Å². The number of piperidine rings is 1. The number of likely N-dealkylation sites (N-methyl/N-ethyl adjacent to an activating group) is 1. The lowest BCUT2D eigenvalue weighted by atomic mass is 9.87. The van der Waals surface area contributed by atoms with Gasteiger partial charge in [0.2, 0.25) is 5.91 Å². The number of aromatic nitrogens is 2. The number of hydrogen-bond donors (Lipinski definition) is 0. The monoisotopic (exact) mass is 336 g/mol. The Morgan fingerprint density at radius 3 is 2.88 bits per heavy atom. The molecule has 2 aliphatic heterocycles. The number of carbonyl (C=O) groups is 1. The Balaban J connectivity index is 1.55. The molecule has 24 heavy (non-hydrogen) atoms. The fraction of sp³-hybridized carbons (Fsp3) is 0.765. The molecule has 1 aromatic rings. The number of imidazole rings is 1. The molecule has 0 saturated carbocycles. The van der Waals surface area contributed by atoms with E-state index in [0.29, 0.717) is 26.2 Å². The predicted octanol–water partition coefficient (Wildman–Crippen LogP) is 0.743. The summed E-state index contributed by atoms with van der Waals surface area (Å²) < 4.78 is 13.4. The number of nitrogens with zero attached hydrogens (tertiary/aromatic N) is 4. The smallest absolute Gasteiger partial charge is 0.225 e. The third-order valence-electron chi connectivity index (χ3n) is 5.20. The lowest BCUT2D eigenvalue weighted by Crippen LogP contribution is -2.47. The number of rotatable bonds is 5. The largest absolute Gasteiger partial charge is 0.383 e. The van der Waals surface area contributed by atoms with Gasteiger partial charge in [-0.3, -0.25) is 9.69 Å². The van der Waals surface area contributed by atoms with Gasteiger partial charge in [0, 0.05) is 52.7 Å². The van der Waals surface area contributed by atoms with Crippen molar-refractivity contribution in [2.75, 3.05) is 47.0 Å². The van der Waals surface area contributed by atoms with Crippen LogP contribution in [0.3, 0.4) is 0 Å². The van der Waals surface area contributed by atoms with Gasteiger partial charge in [0.15, 0.2) is 0 Å². The van der Waals surface area contributed by atoms with Gasteiger partial charge >= 0.3 is 0 Å². The van der Waals surface area contributed by atoms with Gasteiger partial charge in [-0.15, -0.1) is 0 Å². The number of hydrogen-bond acceptors (Lipinski definition) is 5. The van der Waals surface area contributed by atoms with Crippen LogP contribution in [0.5, 0.6) is 0 Å². The molecule has 1 spiro atoms. The van der Waals surface area contributed by atoms with E-state index in [1.54, 1.807) is 12.0 Å². The zero-order valence-corrected chi connectivity index (χ0v) is 14.7. The highest BCUT2D eigenvalue weighted by molar-refractivity contribution is 5.77. The SMILES string of the molecule is COCCn1ccnc1CN1CCC2(CC1)CC(=O)N(C)CCO2. The summed E-state index contributed by atoms with van der Waals surface area (Å²) in [6.07, 6.45) is 6.18. The van der Waals surface area contributed by atoms with Crippen LogP contribution in [0.25, 0.3) is 0 Å². The van der Waals surface area contributed by atoms with Crippen molar-refractivity contribution in [2.45, 2.75) is 38.0 Å². The maximum Gasteiger partial charge on any atom is 0.225 e. The average Bonchev–Trinajstić information content (AvgIpc) is 2.96. The number of ether oxygens (including phenoxy) is 2. The normalized spacial score (nSPS) is 22.1. The Kier molecular flexibility index (Phi) is 5.53. The summed E-state index contributed by atoms with van der Waals surface area (Å²) in [5.74, 6) is 1.27. The summed E-state index contributed by atoms with van der Waals surface area (Å²) in [5.41, 5.74) is -0.260. The molecule has 0 bridgehead atoms. The van der Waals surface area contributed by atoms with Gasteiger partial charge in [-0.2, -0.15) is 0 Å². The first-order valence-electron chi connectivity index (χ1n) is 8.71. The van der Waals surface area contributed by atoms with Crippen molar-refractivity contribution in [1.82, 2.24) is 19.4 Å². The molecule has 7 heteroatoms. The minimum absolute atomic E-state index is 0.205. The number of likely N-dealkylation sites (tertiary alicyclic amines) is 1. The summed E-state index contributed by atoms with van der Waals surface area (Å²) in [7, 11) is 3.58. The fourth-order valence-corrected chi connectivity index (χ4v) is 3.51. The molecule has 2 fully saturated rings. The third-order valence-corrected chi connectivity index (χ3v) is 5.20. The highest BCUT2D eigenvalue weighted by Crippen LogP contribution is 2.32. The zero-order chi connectivity index (χ0) is 17.0. The summed E-state index contributed by atoms with van der Waals surface area (Å²) >= 11 is 0. The van der Waals surface area contributed by atoms with E-state index in [0.717, 1.165) is 44.8 Å². The summed E-state index contributed by atoms with van der Waals surface area (Å²) in [6.45, 7) is 5.57. The molecule has 0 radical (unpaired) electrons. The summed E-state index contributed by atoms with van der Waals surface area (Å²) in [5, 5.41) is 0. The van der Waals surface area contributed by atoms with Crippen molar-refractivity contribution in [2.24, 2.45) is 0 Å². The number of methoxy groups -OCH3 is 1. The second kappa shape index (κ2) is 7.63. The van der Waals surface area contributed by atoms with Crippen molar-refractivity contribution in [3.8, 4) is 0 Å². The van der Waals surface area contributed by atoms with Gasteiger partial charge in [0.05, 0.1) is 31.8 Å². The second-order valence-corrected chi connectivity index (χ2v) is 6.83. The van der Waals surface area contributed by atoms with Crippen LogP contribution in [-0.4, -0.2) is 77.9 Å². The molecule has 3 rings (SSSR count). The lowest BCUT2D eigenvalue weighted by Gasteiger charge is -2.40. The molecule has 0 aliphatic carbocycles. The minimum Gasteiger partial charge on any atom is -0.383 e. The Labute approximate surface area is 143 Å². The Morgan fingerprint density at radius 2 is 2.12 bits per heavy atom. The predicted molar refractivity (Wildman–Crippen MR) is 89.6 cm³/mol.